The summed E-state index contributed by atoms with van der Waals surface area (Å²) in [5.41, 5.74) is -3.20. The summed E-state index contributed by atoms with van der Waals surface area (Å²) < 4.78 is 41.2. The topological polar surface area (TPSA) is 73.1 Å². The van der Waals surface area contributed by atoms with Gasteiger partial charge in [-0.25, -0.2) is 4.98 Å². The minimum atomic E-state index is -4.96. The molecule has 0 radical (unpaired) electrons. The molecule has 2 rings (SSSR count). The average molecular weight is 344 g/mol. The predicted molar refractivity (Wildman–Crippen MR) is 77.1 cm³/mol. The van der Waals surface area contributed by atoms with Crippen molar-refractivity contribution in [3.63, 3.8) is 0 Å². The molecule has 0 saturated carbocycles. The molecule has 0 bridgehead atoms. The van der Waals surface area contributed by atoms with Gasteiger partial charge in [-0.3, -0.25) is 14.9 Å². The zero-order valence-electron chi connectivity index (χ0n) is 11.6. The molecule has 0 amide bonds. The molecule has 1 heterocycles. The van der Waals surface area contributed by atoms with Gasteiger partial charge in [0.2, 0.25) is 6.54 Å². The van der Waals surface area contributed by atoms with Gasteiger partial charge in [0.25, 0.3) is 0 Å². The minimum Gasteiger partial charge on any atom is -0.291 e. The molecule has 0 aliphatic heterocycles. The highest BCUT2D eigenvalue weighted by atomic mass is 32.1. The molecule has 2 aromatic rings. The summed E-state index contributed by atoms with van der Waals surface area (Å²) in [6.45, 7) is -1.42. The first-order valence-corrected chi connectivity index (χ1v) is 7.31. The minimum absolute atomic E-state index is 0.0992. The molecule has 0 saturated heterocycles. The number of rotatable bonds is 6. The van der Waals surface area contributed by atoms with Crippen LogP contribution >= 0.6 is 11.3 Å². The number of nitrogens with zero attached hydrogens (tertiary/aromatic N) is 2. The second kappa shape index (κ2) is 6.45. The normalized spacial score (nSPS) is 14.2. The van der Waals surface area contributed by atoms with Crippen LogP contribution in [-0.4, -0.2) is 28.4 Å². The lowest BCUT2D eigenvalue weighted by Crippen LogP contribution is -2.49. The number of hydrogen-bond donors (Lipinski definition) is 0. The van der Waals surface area contributed by atoms with Gasteiger partial charge in [-0.05, 0) is 5.56 Å². The Morgan fingerprint density at radius 3 is 2.39 bits per heavy atom. The van der Waals surface area contributed by atoms with Gasteiger partial charge in [-0.2, -0.15) is 13.2 Å². The van der Waals surface area contributed by atoms with E-state index in [4.69, 9.17) is 0 Å². The Bertz CT molecular complexity index is 689. The standard InChI is InChI=1S/C14H11F3N2O3S/c15-14(16,17)13(9-19(21)22,10-4-2-1-3-5-10)8-11(20)12-18-6-7-23-12/h1-7H,8-9H2/t13-/m1/s1. The fourth-order valence-electron chi connectivity index (χ4n) is 2.29. The number of benzene rings is 1. The maximum absolute atomic E-state index is 13.7. The Morgan fingerprint density at radius 1 is 1.26 bits per heavy atom. The van der Waals surface area contributed by atoms with E-state index < -0.39 is 35.3 Å². The van der Waals surface area contributed by atoms with Gasteiger partial charge in [-0.1, -0.05) is 30.3 Å². The maximum Gasteiger partial charge on any atom is 0.405 e. The number of ketones is 1. The molecule has 0 N–H and O–H groups in total. The van der Waals surface area contributed by atoms with Gasteiger partial charge >= 0.3 is 6.18 Å². The van der Waals surface area contributed by atoms with Crippen molar-refractivity contribution in [2.24, 2.45) is 0 Å². The summed E-state index contributed by atoms with van der Waals surface area (Å²) in [6.07, 6.45) is -4.73. The monoisotopic (exact) mass is 344 g/mol. The van der Waals surface area contributed by atoms with Crippen LogP contribution in [0.1, 0.15) is 21.8 Å². The molecule has 5 nitrogen and oxygen atoms in total. The van der Waals surface area contributed by atoms with Crippen LogP contribution in [0.5, 0.6) is 0 Å². The van der Waals surface area contributed by atoms with Crippen molar-refractivity contribution in [1.82, 2.24) is 4.98 Å². The van der Waals surface area contributed by atoms with Crippen molar-refractivity contribution in [3.8, 4) is 0 Å². The van der Waals surface area contributed by atoms with Crippen LogP contribution in [0.2, 0.25) is 0 Å². The van der Waals surface area contributed by atoms with E-state index in [0.717, 1.165) is 23.5 Å². The molecule has 0 fully saturated rings. The Balaban J connectivity index is 2.53. The molecule has 122 valence electrons. The van der Waals surface area contributed by atoms with E-state index in [1.54, 1.807) is 0 Å². The lowest BCUT2D eigenvalue weighted by molar-refractivity contribution is -0.501. The van der Waals surface area contributed by atoms with Crippen LogP contribution in [0.4, 0.5) is 13.2 Å². The first-order chi connectivity index (χ1) is 10.8. The number of nitro groups is 1. The van der Waals surface area contributed by atoms with Gasteiger partial charge in [-0.15, -0.1) is 11.3 Å². The molecule has 9 heteroatoms. The Hall–Kier alpha value is -2.29. The molecule has 1 atom stereocenters. The fourth-order valence-corrected chi connectivity index (χ4v) is 2.87. The summed E-state index contributed by atoms with van der Waals surface area (Å²) in [5, 5.41) is 12.2. The van der Waals surface area contributed by atoms with Crippen LogP contribution in [0.15, 0.2) is 41.9 Å². The summed E-state index contributed by atoms with van der Waals surface area (Å²) in [4.78, 5) is 25.7. The molecule has 1 aromatic heterocycles. The Labute approximate surface area is 132 Å². The summed E-state index contributed by atoms with van der Waals surface area (Å²) in [5.74, 6) is -0.872. The molecular formula is C14H11F3N2O3S. The van der Waals surface area contributed by atoms with Gasteiger partial charge in [0.05, 0.1) is 0 Å². The number of alkyl halides is 3. The third kappa shape index (κ3) is 3.55. The van der Waals surface area contributed by atoms with Gasteiger partial charge in [0, 0.05) is 22.9 Å². The highest BCUT2D eigenvalue weighted by molar-refractivity contribution is 7.11. The summed E-state index contributed by atoms with van der Waals surface area (Å²) in [7, 11) is 0. The lowest BCUT2D eigenvalue weighted by atomic mass is 9.75. The van der Waals surface area contributed by atoms with Gasteiger partial charge < -0.3 is 0 Å². The van der Waals surface area contributed by atoms with E-state index in [9.17, 15) is 28.1 Å². The van der Waals surface area contributed by atoms with Crippen LogP contribution in [0.25, 0.3) is 0 Å². The van der Waals surface area contributed by atoms with Crippen molar-refractivity contribution >= 4 is 17.1 Å². The van der Waals surface area contributed by atoms with Crippen molar-refractivity contribution in [2.45, 2.75) is 18.0 Å². The lowest BCUT2D eigenvalue weighted by Gasteiger charge is -2.32. The number of halogens is 3. The summed E-state index contributed by atoms with van der Waals surface area (Å²) >= 11 is 0.899. The zero-order valence-corrected chi connectivity index (χ0v) is 12.4. The average Bonchev–Trinajstić information content (AvgIpc) is 3.00. The van der Waals surface area contributed by atoms with Gasteiger partial charge in [0.15, 0.2) is 16.2 Å². The van der Waals surface area contributed by atoms with Crippen molar-refractivity contribution in [2.75, 3.05) is 6.54 Å². The van der Waals surface area contributed by atoms with Crippen LogP contribution < -0.4 is 0 Å². The number of carbonyl (C=O) groups is 1. The largest absolute Gasteiger partial charge is 0.405 e. The van der Waals surface area contributed by atoms with E-state index in [1.807, 2.05) is 0 Å². The maximum atomic E-state index is 13.7. The highest BCUT2D eigenvalue weighted by Gasteiger charge is 2.60. The first-order valence-electron chi connectivity index (χ1n) is 6.43. The first kappa shape index (κ1) is 17.1. The van der Waals surface area contributed by atoms with E-state index >= 15 is 0 Å². The van der Waals surface area contributed by atoms with Crippen molar-refractivity contribution in [1.29, 1.82) is 0 Å². The van der Waals surface area contributed by atoms with E-state index in [0.29, 0.717) is 0 Å². The van der Waals surface area contributed by atoms with E-state index in [1.165, 1.54) is 29.8 Å². The molecule has 0 aliphatic rings. The van der Waals surface area contributed by atoms with E-state index in [2.05, 4.69) is 4.98 Å². The van der Waals surface area contributed by atoms with Crippen molar-refractivity contribution < 1.29 is 22.9 Å². The number of carbonyl (C=O) groups excluding carboxylic acids is 1. The number of aromatic nitrogens is 1. The number of thiazole rings is 1. The number of hydrogen-bond acceptors (Lipinski definition) is 5. The molecule has 23 heavy (non-hydrogen) atoms. The molecular weight excluding hydrogens is 333 g/mol. The number of Topliss-reactive ketones (excluding diaryl/α,β-unsaturated/α-hetero) is 1. The van der Waals surface area contributed by atoms with Crippen LogP contribution in [0, 0.1) is 10.1 Å². The SMILES string of the molecule is O=C(C[C@@](C[N+](=O)[O-])(c1ccccc1)C(F)(F)F)c1nccs1. The van der Waals surface area contributed by atoms with Crippen molar-refractivity contribution in [3.05, 3.63) is 62.6 Å². The fraction of sp³-hybridized carbons (Fsp3) is 0.286. The second-order valence-corrected chi connectivity index (χ2v) is 5.77. The van der Waals surface area contributed by atoms with E-state index in [-0.39, 0.29) is 10.6 Å². The van der Waals surface area contributed by atoms with Gasteiger partial charge in [0.1, 0.15) is 0 Å². The smallest absolute Gasteiger partial charge is 0.291 e. The molecule has 0 spiro atoms. The van der Waals surface area contributed by atoms with Crippen LogP contribution in [0.3, 0.4) is 0 Å². The third-order valence-corrected chi connectivity index (χ3v) is 4.22. The highest BCUT2D eigenvalue weighted by Crippen LogP contribution is 2.44. The predicted octanol–water partition coefficient (Wildman–Crippen LogP) is 3.49. The third-order valence-electron chi connectivity index (χ3n) is 3.40. The Morgan fingerprint density at radius 2 is 1.91 bits per heavy atom. The van der Waals surface area contributed by atoms with Crippen LogP contribution in [-0.2, 0) is 5.41 Å². The quantitative estimate of drug-likeness (QED) is 0.457. The summed E-state index contributed by atoms with van der Waals surface area (Å²) in [6, 6.07) is 6.49. The molecule has 0 unspecified atom stereocenters. The zero-order chi connectivity index (χ0) is 17.1. The second-order valence-electron chi connectivity index (χ2n) is 4.87. The molecule has 1 aromatic carbocycles. The molecule has 0 aliphatic carbocycles. The Kier molecular flexibility index (Phi) is 4.79.